The van der Waals surface area contributed by atoms with Crippen LogP contribution in [0.1, 0.15) is 12.5 Å². The summed E-state index contributed by atoms with van der Waals surface area (Å²) in [5.74, 6) is -0.133. The van der Waals surface area contributed by atoms with Gasteiger partial charge in [0.25, 0.3) is 0 Å². The molecule has 0 saturated carbocycles. The molecule has 1 rings (SSSR count). The lowest BCUT2D eigenvalue weighted by Gasteiger charge is -2.04. The summed E-state index contributed by atoms with van der Waals surface area (Å²) in [7, 11) is 0. The minimum atomic E-state index is -0.367. The Hall–Kier alpha value is -1.77. The highest BCUT2D eigenvalue weighted by Gasteiger charge is 2.02. The molecule has 15 heavy (non-hydrogen) atoms. The molecule has 1 N–H and O–H groups in total. The van der Waals surface area contributed by atoms with Crippen LogP contribution in [0.4, 0.5) is 0 Å². The average Bonchev–Trinajstić information content (AvgIpc) is 2.20. The van der Waals surface area contributed by atoms with Gasteiger partial charge in [-0.15, -0.1) is 0 Å². The van der Waals surface area contributed by atoms with Crippen molar-refractivity contribution < 1.29 is 14.6 Å². The van der Waals surface area contributed by atoms with E-state index in [2.05, 4.69) is 6.58 Å². The number of carbonyl (C=O) groups is 1. The number of benzene rings is 1. The van der Waals surface area contributed by atoms with Crippen LogP contribution in [0.15, 0.2) is 36.4 Å². The largest absolute Gasteiger partial charge is 0.508 e. The van der Waals surface area contributed by atoms with Crippen LogP contribution in [-0.4, -0.2) is 17.7 Å². The van der Waals surface area contributed by atoms with Crippen molar-refractivity contribution in [1.82, 2.24) is 0 Å². The topological polar surface area (TPSA) is 46.5 Å². The molecule has 0 radical (unpaired) electrons. The first-order valence-corrected chi connectivity index (χ1v) is 4.70. The van der Waals surface area contributed by atoms with Crippen LogP contribution in [0.2, 0.25) is 0 Å². The zero-order valence-electron chi connectivity index (χ0n) is 8.69. The van der Waals surface area contributed by atoms with Gasteiger partial charge in [-0.1, -0.05) is 18.7 Å². The third-order valence-corrected chi connectivity index (χ3v) is 1.91. The predicted molar refractivity (Wildman–Crippen MR) is 57.6 cm³/mol. The first-order valence-electron chi connectivity index (χ1n) is 4.70. The molecule has 0 bridgehead atoms. The maximum Gasteiger partial charge on any atom is 0.333 e. The number of aromatic hydroxyl groups is 1. The van der Waals surface area contributed by atoms with E-state index in [0.717, 1.165) is 5.56 Å². The molecule has 0 fully saturated rings. The van der Waals surface area contributed by atoms with Gasteiger partial charge >= 0.3 is 5.97 Å². The highest BCUT2D eigenvalue weighted by Crippen LogP contribution is 2.10. The predicted octanol–water partition coefficient (Wildman–Crippen LogP) is 2.05. The Kier molecular flexibility index (Phi) is 3.92. The van der Waals surface area contributed by atoms with Gasteiger partial charge in [-0.3, -0.25) is 0 Å². The smallest absolute Gasteiger partial charge is 0.333 e. The van der Waals surface area contributed by atoms with Crippen molar-refractivity contribution in [3.05, 3.63) is 42.0 Å². The van der Waals surface area contributed by atoms with Crippen molar-refractivity contribution in [2.45, 2.75) is 13.3 Å². The molecule has 0 aliphatic carbocycles. The molecule has 0 spiro atoms. The van der Waals surface area contributed by atoms with Crippen molar-refractivity contribution in [2.24, 2.45) is 0 Å². The summed E-state index contributed by atoms with van der Waals surface area (Å²) in [6.07, 6.45) is 0.638. The van der Waals surface area contributed by atoms with Gasteiger partial charge in [0.05, 0.1) is 6.61 Å². The van der Waals surface area contributed by atoms with Crippen LogP contribution in [-0.2, 0) is 16.0 Å². The molecule has 1 aromatic carbocycles. The van der Waals surface area contributed by atoms with Gasteiger partial charge in [0.2, 0.25) is 0 Å². The number of carbonyl (C=O) groups excluding carboxylic acids is 1. The van der Waals surface area contributed by atoms with Gasteiger partial charge in [-0.05, 0) is 24.6 Å². The Morgan fingerprint density at radius 1 is 1.40 bits per heavy atom. The molecular formula is C12H14O3. The second-order valence-corrected chi connectivity index (χ2v) is 3.33. The van der Waals surface area contributed by atoms with E-state index in [1.807, 2.05) is 0 Å². The van der Waals surface area contributed by atoms with Gasteiger partial charge in [-0.25, -0.2) is 4.79 Å². The zero-order valence-corrected chi connectivity index (χ0v) is 8.69. The summed E-state index contributed by atoms with van der Waals surface area (Å²) >= 11 is 0. The summed E-state index contributed by atoms with van der Waals surface area (Å²) in [6.45, 7) is 5.43. The lowest BCUT2D eigenvalue weighted by molar-refractivity contribution is -0.138. The van der Waals surface area contributed by atoms with Crippen molar-refractivity contribution in [3.8, 4) is 5.75 Å². The van der Waals surface area contributed by atoms with E-state index in [1.165, 1.54) is 0 Å². The first-order chi connectivity index (χ1) is 7.09. The third kappa shape index (κ3) is 3.85. The molecule has 0 aliphatic rings. The number of phenols is 1. The third-order valence-electron chi connectivity index (χ3n) is 1.91. The fourth-order valence-corrected chi connectivity index (χ4v) is 1.05. The number of hydrogen-bond acceptors (Lipinski definition) is 3. The Morgan fingerprint density at radius 3 is 2.53 bits per heavy atom. The average molecular weight is 206 g/mol. The number of phenolic OH excluding ortho intramolecular Hbond substituents is 1. The Morgan fingerprint density at radius 2 is 2.00 bits per heavy atom. The Bertz CT molecular complexity index is 352. The van der Waals surface area contributed by atoms with Gasteiger partial charge in [-0.2, -0.15) is 0 Å². The van der Waals surface area contributed by atoms with Gasteiger partial charge in [0, 0.05) is 12.0 Å². The van der Waals surface area contributed by atoms with Gasteiger partial charge in [0.1, 0.15) is 5.75 Å². The summed E-state index contributed by atoms with van der Waals surface area (Å²) in [5.41, 5.74) is 1.42. The van der Waals surface area contributed by atoms with E-state index >= 15 is 0 Å². The number of esters is 1. The Balaban J connectivity index is 2.35. The molecule has 0 atom stereocenters. The molecule has 0 aromatic heterocycles. The van der Waals surface area contributed by atoms with Crippen LogP contribution in [0, 0.1) is 0 Å². The highest BCUT2D eigenvalue weighted by atomic mass is 16.5. The second-order valence-electron chi connectivity index (χ2n) is 3.33. The minimum absolute atomic E-state index is 0.234. The zero-order chi connectivity index (χ0) is 11.3. The van der Waals surface area contributed by atoms with Crippen molar-refractivity contribution in [2.75, 3.05) is 6.61 Å². The van der Waals surface area contributed by atoms with E-state index in [-0.39, 0.29) is 11.7 Å². The fraction of sp³-hybridized carbons (Fsp3) is 0.250. The quantitative estimate of drug-likeness (QED) is 0.605. The first kappa shape index (κ1) is 11.3. The van der Waals surface area contributed by atoms with E-state index in [9.17, 15) is 4.79 Å². The van der Waals surface area contributed by atoms with Crippen molar-refractivity contribution in [1.29, 1.82) is 0 Å². The summed E-state index contributed by atoms with van der Waals surface area (Å²) < 4.78 is 4.94. The molecule has 1 aromatic rings. The van der Waals surface area contributed by atoms with Crippen LogP contribution in [0.5, 0.6) is 5.75 Å². The lowest BCUT2D eigenvalue weighted by atomic mass is 10.1. The normalized spacial score (nSPS) is 9.67. The lowest BCUT2D eigenvalue weighted by Crippen LogP contribution is -2.07. The summed E-state index contributed by atoms with van der Waals surface area (Å²) in [4.78, 5) is 11.0. The highest BCUT2D eigenvalue weighted by molar-refractivity contribution is 5.86. The van der Waals surface area contributed by atoms with Crippen molar-refractivity contribution in [3.63, 3.8) is 0 Å². The van der Waals surface area contributed by atoms with E-state index in [1.54, 1.807) is 31.2 Å². The van der Waals surface area contributed by atoms with E-state index in [4.69, 9.17) is 9.84 Å². The molecule has 0 saturated heterocycles. The summed E-state index contributed by atoms with van der Waals surface area (Å²) in [5, 5.41) is 9.05. The minimum Gasteiger partial charge on any atom is -0.508 e. The molecule has 0 amide bonds. The van der Waals surface area contributed by atoms with Gasteiger partial charge < -0.3 is 9.84 Å². The number of hydrogen-bond donors (Lipinski definition) is 1. The van der Waals surface area contributed by atoms with Crippen LogP contribution in [0.3, 0.4) is 0 Å². The molecule has 0 heterocycles. The van der Waals surface area contributed by atoms with Crippen molar-refractivity contribution >= 4 is 5.97 Å². The van der Waals surface area contributed by atoms with Crippen LogP contribution >= 0.6 is 0 Å². The van der Waals surface area contributed by atoms with E-state index in [0.29, 0.717) is 18.6 Å². The molecule has 0 unspecified atom stereocenters. The number of rotatable bonds is 4. The molecule has 3 nitrogen and oxygen atoms in total. The second kappa shape index (κ2) is 5.20. The molecule has 3 heteroatoms. The van der Waals surface area contributed by atoms with E-state index < -0.39 is 0 Å². The monoisotopic (exact) mass is 206 g/mol. The SMILES string of the molecule is C=C(C)C(=O)OCCc1ccc(O)cc1. The molecule has 80 valence electrons. The molecular weight excluding hydrogens is 192 g/mol. The fourth-order valence-electron chi connectivity index (χ4n) is 1.05. The summed E-state index contributed by atoms with van der Waals surface area (Å²) in [6, 6.07) is 6.81. The van der Waals surface area contributed by atoms with Crippen LogP contribution in [0.25, 0.3) is 0 Å². The van der Waals surface area contributed by atoms with Crippen LogP contribution < -0.4 is 0 Å². The van der Waals surface area contributed by atoms with Gasteiger partial charge in [0.15, 0.2) is 0 Å². The Labute approximate surface area is 89.0 Å². The standard InChI is InChI=1S/C12H14O3/c1-9(2)12(14)15-8-7-10-3-5-11(13)6-4-10/h3-6,13H,1,7-8H2,2H3. The number of ether oxygens (including phenoxy) is 1. The maximum atomic E-state index is 11.0. The molecule has 0 aliphatic heterocycles. The maximum absolute atomic E-state index is 11.0.